The van der Waals surface area contributed by atoms with Crippen molar-refractivity contribution in [2.45, 2.75) is 32.4 Å². The Balaban J connectivity index is 1.33. The Hall–Kier alpha value is -3.68. The standard InChI is InChI=1S/C29H27ClFN3O3/c30-25-9-2-6-20(26(25)31)16-33-28(35)22-7-3-8-23(22)29(36)34-21-13-19-10-11-37-27(19)24(14-21)18-5-1-4-17(12-18)15-32/h1-2,4-6,9-14,22-23H,3,7-8,15-16,32H2,(H,33,35)(H,34,36)/t22-,23-/m0/s1. The van der Waals surface area contributed by atoms with Gasteiger partial charge in [-0.15, -0.1) is 0 Å². The number of carbonyl (C=O) groups excluding carboxylic acids is 2. The van der Waals surface area contributed by atoms with E-state index in [0.717, 1.165) is 34.1 Å². The van der Waals surface area contributed by atoms with Crippen LogP contribution in [0.25, 0.3) is 22.1 Å². The molecular weight excluding hydrogens is 493 g/mol. The van der Waals surface area contributed by atoms with Crippen LogP contribution in [-0.2, 0) is 22.7 Å². The van der Waals surface area contributed by atoms with Gasteiger partial charge in [-0.3, -0.25) is 9.59 Å². The number of fused-ring (bicyclic) bond motifs is 1. The molecule has 4 N–H and O–H groups in total. The first-order chi connectivity index (χ1) is 17.9. The van der Waals surface area contributed by atoms with Gasteiger partial charge in [0.25, 0.3) is 0 Å². The average Bonchev–Trinajstić information content (AvgIpc) is 3.59. The molecule has 1 aromatic heterocycles. The summed E-state index contributed by atoms with van der Waals surface area (Å²) < 4.78 is 19.9. The fourth-order valence-electron chi connectivity index (χ4n) is 5.06. The minimum absolute atomic E-state index is 0.00795. The molecule has 1 aliphatic rings. The highest BCUT2D eigenvalue weighted by atomic mass is 35.5. The average molecular weight is 520 g/mol. The predicted molar refractivity (Wildman–Crippen MR) is 142 cm³/mol. The van der Waals surface area contributed by atoms with Crippen LogP contribution in [0.4, 0.5) is 10.1 Å². The zero-order chi connectivity index (χ0) is 25.9. The lowest BCUT2D eigenvalue weighted by atomic mass is 9.93. The lowest BCUT2D eigenvalue weighted by molar-refractivity contribution is -0.131. The van der Waals surface area contributed by atoms with Crippen LogP contribution in [0.5, 0.6) is 0 Å². The van der Waals surface area contributed by atoms with Gasteiger partial charge >= 0.3 is 0 Å². The normalized spacial score (nSPS) is 17.2. The molecule has 0 unspecified atom stereocenters. The van der Waals surface area contributed by atoms with E-state index in [-0.39, 0.29) is 23.4 Å². The summed E-state index contributed by atoms with van der Waals surface area (Å²) in [6.07, 6.45) is 3.58. The van der Waals surface area contributed by atoms with E-state index >= 15 is 0 Å². The van der Waals surface area contributed by atoms with Crippen molar-refractivity contribution in [3.05, 3.63) is 88.9 Å². The van der Waals surface area contributed by atoms with Gasteiger partial charge in [0.1, 0.15) is 11.4 Å². The van der Waals surface area contributed by atoms with Gasteiger partial charge in [-0.2, -0.15) is 0 Å². The summed E-state index contributed by atoms with van der Waals surface area (Å²) in [5.41, 5.74) is 10.2. The lowest BCUT2D eigenvalue weighted by Crippen LogP contribution is -2.37. The third-order valence-corrected chi connectivity index (χ3v) is 7.26. The molecule has 0 radical (unpaired) electrons. The second-order valence-corrected chi connectivity index (χ2v) is 9.74. The third kappa shape index (κ3) is 5.24. The number of benzene rings is 3. The molecule has 0 aliphatic heterocycles. The van der Waals surface area contributed by atoms with E-state index < -0.39 is 17.7 Å². The summed E-state index contributed by atoms with van der Waals surface area (Å²) >= 11 is 5.84. The van der Waals surface area contributed by atoms with Crippen LogP contribution in [0.3, 0.4) is 0 Å². The van der Waals surface area contributed by atoms with Crippen LogP contribution in [0, 0.1) is 17.7 Å². The first kappa shape index (κ1) is 25.0. The predicted octanol–water partition coefficient (Wildman–Crippen LogP) is 6.02. The largest absolute Gasteiger partial charge is 0.464 e. The molecule has 1 fully saturated rings. The Labute approximate surface area is 219 Å². The number of halogens is 2. The van der Waals surface area contributed by atoms with Gasteiger partial charge in [0.15, 0.2) is 0 Å². The quantitative estimate of drug-likeness (QED) is 0.278. The number of anilines is 1. The van der Waals surface area contributed by atoms with Crippen molar-refractivity contribution >= 4 is 40.1 Å². The number of nitrogens with two attached hydrogens (primary N) is 1. The van der Waals surface area contributed by atoms with E-state index in [9.17, 15) is 14.0 Å². The van der Waals surface area contributed by atoms with E-state index in [1.54, 1.807) is 18.4 Å². The molecule has 190 valence electrons. The van der Waals surface area contributed by atoms with Crippen molar-refractivity contribution in [1.82, 2.24) is 5.32 Å². The molecule has 8 heteroatoms. The molecule has 1 aliphatic carbocycles. The number of hydrogen-bond donors (Lipinski definition) is 3. The van der Waals surface area contributed by atoms with Gasteiger partial charge in [-0.1, -0.05) is 48.4 Å². The molecule has 2 amide bonds. The molecule has 1 heterocycles. The topological polar surface area (TPSA) is 97.4 Å². The minimum Gasteiger partial charge on any atom is -0.464 e. The second-order valence-electron chi connectivity index (χ2n) is 9.33. The SMILES string of the molecule is NCc1cccc(-c2cc(NC(=O)[C@H]3CCC[C@@H]3C(=O)NCc3cccc(Cl)c3F)cc3ccoc23)c1. The van der Waals surface area contributed by atoms with Crippen molar-refractivity contribution in [3.63, 3.8) is 0 Å². The second kappa shape index (κ2) is 10.7. The first-order valence-corrected chi connectivity index (χ1v) is 12.6. The molecule has 2 atom stereocenters. The zero-order valence-corrected chi connectivity index (χ0v) is 20.9. The Morgan fingerprint density at radius 2 is 1.81 bits per heavy atom. The number of furan rings is 1. The fourth-order valence-corrected chi connectivity index (χ4v) is 5.25. The van der Waals surface area contributed by atoms with E-state index in [2.05, 4.69) is 10.6 Å². The fraction of sp³-hybridized carbons (Fsp3) is 0.241. The van der Waals surface area contributed by atoms with Crippen molar-refractivity contribution in [3.8, 4) is 11.1 Å². The third-order valence-electron chi connectivity index (χ3n) is 6.97. The summed E-state index contributed by atoms with van der Waals surface area (Å²) in [5.74, 6) is -1.99. The Morgan fingerprint density at radius 1 is 1.03 bits per heavy atom. The number of carbonyl (C=O) groups is 2. The highest BCUT2D eigenvalue weighted by molar-refractivity contribution is 6.30. The maximum absolute atomic E-state index is 14.2. The van der Waals surface area contributed by atoms with E-state index in [1.165, 1.54) is 6.07 Å². The van der Waals surface area contributed by atoms with E-state index in [4.69, 9.17) is 21.8 Å². The van der Waals surface area contributed by atoms with Gasteiger partial charge in [0, 0.05) is 47.1 Å². The monoisotopic (exact) mass is 519 g/mol. The molecule has 0 bridgehead atoms. The summed E-state index contributed by atoms with van der Waals surface area (Å²) in [5, 5.41) is 6.66. The lowest BCUT2D eigenvalue weighted by Gasteiger charge is -2.19. The van der Waals surface area contributed by atoms with Gasteiger partial charge in [0.2, 0.25) is 11.8 Å². The maximum Gasteiger partial charge on any atom is 0.228 e. The Morgan fingerprint density at radius 3 is 2.62 bits per heavy atom. The molecular formula is C29H27ClFN3O3. The van der Waals surface area contributed by atoms with Crippen LogP contribution < -0.4 is 16.4 Å². The van der Waals surface area contributed by atoms with Crippen LogP contribution >= 0.6 is 11.6 Å². The molecule has 5 rings (SSSR count). The first-order valence-electron chi connectivity index (χ1n) is 12.3. The van der Waals surface area contributed by atoms with E-state index in [0.29, 0.717) is 30.6 Å². The number of hydrogen-bond acceptors (Lipinski definition) is 4. The molecule has 37 heavy (non-hydrogen) atoms. The van der Waals surface area contributed by atoms with Crippen LogP contribution in [0.2, 0.25) is 5.02 Å². The molecule has 1 saturated carbocycles. The Kier molecular flexibility index (Phi) is 7.26. The van der Waals surface area contributed by atoms with Crippen molar-refractivity contribution in [2.75, 3.05) is 5.32 Å². The Bertz CT molecular complexity index is 1470. The summed E-state index contributed by atoms with van der Waals surface area (Å²) in [4.78, 5) is 26.3. The molecule has 3 aromatic carbocycles. The maximum atomic E-state index is 14.2. The van der Waals surface area contributed by atoms with Crippen molar-refractivity contribution in [1.29, 1.82) is 0 Å². The van der Waals surface area contributed by atoms with Gasteiger partial charge in [-0.25, -0.2) is 4.39 Å². The summed E-state index contributed by atoms with van der Waals surface area (Å²) in [6, 6.07) is 18.1. The smallest absolute Gasteiger partial charge is 0.228 e. The number of amides is 2. The molecule has 6 nitrogen and oxygen atoms in total. The number of rotatable bonds is 7. The van der Waals surface area contributed by atoms with Gasteiger partial charge < -0.3 is 20.8 Å². The summed E-state index contributed by atoms with van der Waals surface area (Å²) in [6.45, 7) is 0.430. The highest BCUT2D eigenvalue weighted by Crippen LogP contribution is 2.36. The van der Waals surface area contributed by atoms with Crippen LogP contribution in [0.15, 0.2) is 71.3 Å². The number of nitrogens with one attached hydrogen (secondary N) is 2. The van der Waals surface area contributed by atoms with Gasteiger partial charge in [0.05, 0.1) is 11.3 Å². The summed E-state index contributed by atoms with van der Waals surface area (Å²) in [7, 11) is 0. The van der Waals surface area contributed by atoms with Crippen LogP contribution in [0.1, 0.15) is 30.4 Å². The van der Waals surface area contributed by atoms with Crippen molar-refractivity contribution in [2.24, 2.45) is 17.6 Å². The van der Waals surface area contributed by atoms with Gasteiger partial charge in [-0.05, 0) is 54.3 Å². The van der Waals surface area contributed by atoms with E-state index in [1.807, 2.05) is 42.5 Å². The van der Waals surface area contributed by atoms with Crippen molar-refractivity contribution < 1.29 is 18.4 Å². The highest BCUT2D eigenvalue weighted by Gasteiger charge is 2.37. The molecule has 4 aromatic rings. The molecule has 0 saturated heterocycles. The zero-order valence-electron chi connectivity index (χ0n) is 20.1. The van der Waals surface area contributed by atoms with Crippen LogP contribution in [-0.4, -0.2) is 11.8 Å². The molecule has 0 spiro atoms. The minimum atomic E-state index is -0.548.